The SMILES string of the molecule is [B]c1c(O)c(O)c(O)c(-c2c(O)c(-c3ccc(C(C)(C)C)cc3)c3c(c2O)-c2ccc(N(c4ccc(-c5ccccc5)cc4)c4cccc5c4oc4ccccc45)cc2C3(c2ccccc2)c2ccccc2)c1O. The summed E-state index contributed by atoms with van der Waals surface area (Å²) in [6.07, 6.45) is 0. The average Bonchev–Trinajstić information content (AvgIpc) is 3.97. The minimum Gasteiger partial charge on any atom is -0.508 e. The van der Waals surface area contributed by atoms with E-state index in [1.54, 1.807) is 0 Å². The van der Waals surface area contributed by atoms with Gasteiger partial charge in [0.1, 0.15) is 30.7 Å². The summed E-state index contributed by atoms with van der Waals surface area (Å²) in [6, 6.07) is 66.6. The van der Waals surface area contributed by atoms with E-state index in [4.69, 9.17) is 12.3 Å². The number of hydrogen-bond donors (Lipinski definition) is 6. The van der Waals surface area contributed by atoms with Crippen molar-refractivity contribution in [3.63, 3.8) is 0 Å². The van der Waals surface area contributed by atoms with E-state index in [0.29, 0.717) is 27.8 Å². The van der Waals surface area contributed by atoms with E-state index in [2.05, 4.69) is 80.3 Å². The number of phenols is 6. The molecular formula is C65H48BNO7. The normalized spacial score (nSPS) is 12.7. The van der Waals surface area contributed by atoms with Crippen LogP contribution in [0, 0.1) is 0 Å². The summed E-state index contributed by atoms with van der Waals surface area (Å²) in [5.74, 6) is -4.85. The lowest BCUT2D eigenvalue weighted by Crippen LogP contribution is -2.29. The Kier molecular flexibility index (Phi) is 10.6. The first-order valence-corrected chi connectivity index (χ1v) is 24.4. The van der Waals surface area contributed by atoms with E-state index in [1.165, 1.54) is 0 Å². The molecule has 1 aliphatic rings. The van der Waals surface area contributed by atoms with Crippen molar-refractivity contribution in [3.8, 4) is 79.0 Å². The van der Waals surface area contributed by atoms with Crippen molar-refractivity contribution >= 4 is 52.3 Å². The molecule has 0 unspecified atom stereocenters. The maximum Gasteiger partial charge on any atom is 0.200 e. The summed E-state index contributed by atoms with van der Waals surface area (Å²) in [6.45, 7) is 6.34. The Balaban J connectivity index is 1.22. The molecule has 9 heteroatoms. The van der Waals surface area contributed by atoms with E-state index in [-0.39, 0.29) is 11.0 Å². The summed E-state index contributed by atoms with van der Waals surface area (Å²) in [5, 5.41) is 73.4. The highest BCUT2D eigenvalue weighted by Crippen LogP contribution is 2.67. The number of benzene rings is 10. The fourth-order valence-corrected chi connectivity index (χ4v) is 11.2. The number of anilines is 3. The molecule has 1 aliphatic carbocycles. The minimum absolute atomic E-state index is 0.230. The molecular weight excluding hydrogens is 918 g/mol. The summed E-state index contributed by atoms with van der Waals surface area (Å²) in [4.78, 5) is 2.18. The van der Waals surface area contributed by atoms with Gasteiger partial charge in [0.2, 0.25) is 5.75 Å². The molecule has 0 saturated carbocycles. The molecule has 1 heterocycles. The first-order chi connectivity index (χ1) is 35.8. The zero-order valence-electron chi connectivity index (χ0n) is 40.7. The Morgan fingerprint density at radius 3 is 1.64 bits per heavy atom. The Hall–Kier alpha value is -9.34. The predicted molar refractivity (Wildman–Crippen MR) is 296 cm³/mol. The second kappa shape index (κ2) is 17.2. The van der Waals surface area contributed by atoms with Gasteiger partial charge in [-0.1, -0.05) is 185 Å². The number of aromatic hydroxyl groups is 6. The number of fused-ring (bicyclic) bond motifs is 6. The van der Waals surface area contributed by atoms with Gasteiger partial charge in [0.05, 0.1) is 22.2 Å². The van der Waals surface area contributed by atoms with Crippen molar-refractivity contribution < 1.29 is 35.1 Å². The molecule has 0 spiro atoms. The number of hydrogen-bond acceptors (Lipinski definition) is 8. The van der Waals surface area contributed by atoms with Crippen LogP contribution >= 0.6 is 0 Å². The molecule has 0 saturated heterocycles. The number of para-hydroxylation sites is 2. The van der Waals surface area contributed by atoms with Crippen LogP contribution in [0.5, 0.6) is 34.5 Å². The third-order valence-electron chi connectivity index (χ3n) is 14.7. The zero-order chi connectivity index (χ0) is 51.2. The van der Waals surface area contributed by atoms with Gasteiger partial charge in [0, 0.05) is 33.3 Å². The highest BCUT2D eigenvalue weighted by molar-refractivity contribution is 6.37. The van der Waals surface area contributed by atoms with Crippen LogP contribution in [0.1, 0.15) is 48.6 Å². The molecule has 1 aromatic heterocycles. The summed E-state index contributed by atoms with van der Waals surface area (Å²) >= 11 is 0. The Morgan fingerprint density at radius 1 is 0.446 bits per heavy atom. The number of rotatable bonds is 8. The molecule has 74 heavy (non-hydrogen) atoms. The molecule has 12 rings (SSSR count). The molecule has 10 aromatic carbocycles. The van der Waals surface area contributed by atoms with Gasteiger partial charge >= 0.3 is 0 Å². The first kappa shape index (κ1) is 45.8. The molecule has 8 nitrogen and oxygen atoms in total. The molecule has 0 bridgehead atoms. The van der Waals surface area contributed by atoms with E-state index in [0.717, 1.165) is 66.8 Å². The van der Waals surface area contributed by atoms with Crippen molar-refractivity contribution in [1.82, 2.24) is 0 Å². The molecule has 0 amide bonds. The number of nitrogens with zero attached hydrogens (tertiary/aromatic N) is 1. The maximum absolute atomic E-state index is 13.2. The smallest absolute Gasteiger partial charge is 0.200 e. The van der Waals surface area contributed by atoms with Crippen LogP contribution in [0.2, 0.25) is 0 Å². The van der Waals surface area contributed by atoms with Crippen LogP contribution in [0.15, 0.2) is 205 Å². The molecule has 0 aliphatic heterocycles. The number of furan rings is 1. The molecule has 358 valence electrons. The van der Waals surface area contributed by atoms with Gasteiger partial charge in [-0.3, -0.25) is 0 Å². The molecule has 11 aromatic rings. The van der Waals surface area contributed by atoms with E-state index in [1.807, 2.05) is 146 Å². The maximum atomic E-state index is 13.2. The van der Waals surface area contributed by atoms with Gasteiger partial charge in [0.25, 0.3) is 0 Å². The second-order valence-electron chi connectivity index (χ2n) is 19.9. The van der Waals surface area contributed by atoms with Gasteiger partial charge in [0.15, 0.2) is 17.1 Å². The van der Waals surface area contributed by atoms with Crippen LogP contribution in [0.3, 0.4) is 0 Å². The van der Waals surface area contributed by atoms with Gasteiger partial charge < -0.3 is 40.0 Å². The quantitative estimate of drug-likeness (QED) is 0.0503. The van der Waals surface area contributed by atoms with Gasteiger partial charge in [-0.2, -0.15) is 0 Å². The lowest BCUT2D eigenvalue weighted by Gasteiger charge is -2.36. The Morgan fingerprint density at radius 2 is 0.986 bits per heavy atom. The third kappa shape index (κ3) is 6.84. The molecule has 0 atom stereocenters. The van der Waals surface area contributed by atoms with Crippen molar-refractivity contribution in [2.75, 3.05) is 4.90 Å². The van der Waals surface area contributed by atoms with Crippen LogP contribution in [0.4, 0.5) is 17.1 Å². The molecule has 6 N–H and O–H groups in total. The van der Waals surface area contributed by atoms with Crippen LogP contribution in [-0.4, -0.2) is 38.5 Å². The highest BCUT2D eigenvalue weighted by atomic mass is 16.3. The summed E-state index contributed by atoms with van der Waals surface area (Å²) in [7, 11) is 6.17. The topological polar surface area (TPSA) is 138 Å². The third-order valence-corrected chi connectivity index (χ3v) is 14.7. The Bertz CT molecular complexity index is 3930. The highest BCUT2D eigenvalue weighted by Gasteiger charge is 2.51. The monoisotopic (exact) mass is 965 g/mol. The lowest BCUT2D eigenvalue weighted by atomic mass is 9.65. The predicted octanol–water partition coefficient (Wildman–Crippen LogP) is 14.7. The van der Waals surface area contributed by atoms with Crippen molar-refractivity contribution in [3.05, 3.63) is 228 Å². The largest absolute Gasteiger partial charge is 0.508 e. The van der Waals surface area contributed by atoms with E-state index in [9.17, 15) is 30.6 Å². The number of phenolic OH excluding ortho intramolecular Hbond substituents is 6. The van der Waals surface area contributed by atoms with Gasteiger partial charge in [-0.15, -0.1) is 0 Å². The average molecular weight is 966 g/mol. The van der Waals surface area contributed by atoms with Crippen molar-refractivity contribution in [2.24, 2.45) is 0 Å². The van der Waals surface area contributed by atoms with Gasteiger partial charge in [-0.05, 0) is 97.3 Å². The lowest BCUT2D eigenvalue weighted by molar-refractivity contribution is 0.365. The van der Waals surface area contributed by atoms with E-state index < -0.39 is 56.5 Å². The molecule has 0 fully saturated rings. The van der Waals surface area contributed by atoms with Crippen molar-refractivity contribution in [2.45, 2.75) is 31.6 Å². The first-order valence-electron chi connectivity index (χ1n) is 24.4. The van der Waals surface area contributed by atoms with Gasteiger partial charge in [-0.25, -0.2) is 0 Å². The summed E-state index contributed by atoms with van der Waals surface area (Å²) < 4.78 is 6.76. The Labute approximate surface area is 429 Å². The second-order valence-corrected chi connectivity index (χ2v) is 19.9. The van der Waals surface area contributed by atoms with E-state index >= 15 is 0 Å². The van der Waals surface area contributed by atoms with Crippen LogP contribution in [-0.2, 0) is 10.8 Å². The minimum atomic E-state index is -1.29. The summed E-state index contributed by atoms with van der Waals surface area (Å²) in [5.41, 5.74) is 8.44. The standard InChI is InChI=1S/C65H48BNO7/c1-64(2,3)40-30-26-39(27-31-40)51-55-52(58(69)53(57(51)68)54-59(70)56(66)61(72)62(73)60(54)71)47-35-34-44(36-48(47)65(55,41-18-9-5-10-19-41)42-20-11-6-12-21-42)67(43-32-28-38(29-33-43)37-16-7-4-8-17-37)49-24-15-23-46-45-22-13-14-25-50(45)74-63(46)49/h4-36,68-73H,1-3H3. The van der Waals surface area contributed by atoms with Crippen LogP contribution in [0.25, 0.3) is 66.4 Å². The van der Waals surface area contributed by atoms with Crippen LogP contribution < -0.4 is 10.4 Å². The molecule has 2 radical (unpaired) electrons. The fourth-order valence-electron chi connectivity index (χ4n) is 11.2. The fraction of sp³-hybridized carbons (Fsp3) is 0.0769. The van der Waals surface area contributed by atoms with Crippen molar-refractivity contribution in [1.29, 1.82) is 0 Å². The zero-order valence-corrected chi connectivity index (χ0v) is 40.7.